The molecule has 0 atom stereocenters. The number of hydrogen-bond acceptors (Lipinski definition) is 5. The molecule has 0 aromatic heterocycles. The minimum absolute atomic E-state index is 0.301. The van der Waals surface area contributed by atoms with Gasteiger partial charge in [0.2, 0.25) is 0 Å². The van der Waals surface area contributed by atoms with Crippen molar-refractivity contribution in [3.63, 3.8) is 0 Å². The molecule has 0 aliphatic carbocycles. The van der Waals surface area contributed by atoms with Gasteiger partial charge in [0.1, 0.15) is 11.5 Å². The van der Waals surface area contributed by atoms with Crippen molar-refractivity contribution < 1.29 is 23.8 Å². The molecule has 3 rings (SSSR count). The van der Waals surface area contributed by atoms with Gasteiger partial charge in [0.15, 0.2) is 0 Å². The van der Waals surface area contributed by atoms with E-state index >= 15 is 0 Å². The molecule has 0 unspecified atom stereocenters. The molecule has 0 bridgehead atoms. The molecule has 0 saturated heterocycles. The molecular weight excluding hydrogens is 334 g/mol. The zero-order chi connectivity index (χ0) is 18.7. The van der Waals surface area contributed by atoms with E-state index in [2.05, 4.69) is 0 Å². The maximum atomic E-state index is 13.1. The zero-order valence-corrected chi connectivity index (χ0v) is 14.8. The van der Waals surface area contributed by atoms with Crippen LogP contribution in [0.5, 0.6) is 11.5 Å². The van der Waals surface area contributed by atoms with Gasteiger partial charge < -0.3 is 14.2 Å². The average molecular weight is 353 g/mol. The molecule has 2 aromatic carbocycles. The van der Waals surface area contributed by atoms with Gasteiger partial charge in [-0.05, 0) is 37.3 Å². The van der Waals surface area contributed by atoms with E-state index in [9.17, 15) is 9.59 Å². The van der Waals surface area contributed by atoms with Crippen LogP contribution < -0.4 is 14.4 Å². The number of carbonyl (C=O) groups excluding carboxylic acids is 2. The van der Waals surface area contributed by atoms with Crippen molar-refractivity contribution in [1.29, 1.82) is 0 Å². The van der Waals surface area contributed by atoms with Gasteiger partial charge >= 0.3 is 0 Å². The molecule has 2 aromatic rings. The largest absolute Gasteiger partial charge is 0.501 e. The highest BCUT2D eigenvalue weighted by molar-refractivity contribution is 6.41. The summed E-state index contributed by atoms with van der Waals surface area (Å²) in [4.78, 5) is 27.3. The van der Waals surface area contributed by atoms with E-state index in [4.69, 9.17) is 14.2 Å². The molecule has 2 amide bonds. The van der Waals surface area contributed by atoms with Gasteiger partial charge in [-0.2, -0.15) is 0 Å². The number of ether oxygens (including phenoxy) is 3. The highest BCUT2D eigenvalue weighted by atomic mass is 16.5. The molecule has 0 N–H and O–H groups in total. The van der Waals surface area contributed by atoms with Crippen LogP contribution in [-0.2, 0) is 9.53 Å². The highest BCUT2D eigenvalue weighted by Crippen LogP contribution is 2.37. The summed E-state index contributed by atoms with van der Waals surface area (Å²) in [5.41, 5.74) is 1.55. The molecule has 0 radical (unpaired) electrons. The van der Waals surface area contributed by atoms with E-state index in [1.807, 2.05) is 6.92 Å². The summed E-state index contributed by atoms with van der Waals surface area (Å²) in [5, 5.41) is 0. The Balaban J connectivity index is 2.21. The third-order valence-corrected chi connectivity index (χ3v) is 4.08. The lowest BCUT2D eigenvalue weighted by molar-refractivity contribution is -0.113. The number of rotatable bonds is 5. The van der Waals surface area contributed by atoms with Gasteiger partial charge in [-0.15, -0.1) is 0 Å². The Morgan fingerprint density at radius 1 is 0.962 bits per heavy atom. The summed E-state index contributed by atoms with van der Waals surface area (Å²) in [6.07, 6.45) is 1.39. The van der Waals surface area contributed by atoms with Crippen LogP contribution in [0.4, 0.5) is 5.69 Å². The van der Waals surface area contributed by atoms with Gasteiger partial charge in [0, 0.05) is 5.56 Å². The summed E-state index contributed by atoms with van der Waals surface area (Å²) in [5.74, 6) is 0.0474. The molecule has 0 fully saturated rings. The molecule has 6 nitrogen and oxygen atoms in total. The first kappa shape index (κ1) is 17.5. The Labute approximate surface area is 151 Å². The summed E-state index contributed by atoms with van der Waals surface area (Å²) in [6.45, 7) is 2.23. The highest BCUT2D eigenvalue weighted by Gasteiger charge is 2.37. The fraction of sp³-hybridized carbons (Fsp3) is 0.200. The van der Waals surface area contributed by atoms with Crippen molar-refractivity contribution in [2.75, 3.05) is 25.7 Å². The number of nitrogens with zero attached hydrogens (tertiary/aromatic N) is 1. The van der Waals surface area contributed by atoms with E-state index < -0.39 is 11.8 Å². The second-order valence-electron chi connectivity index (χ2n) is 5.52. The van der Waals surface area contributed by atoms with Crippen molar-refractivity contribution in [2.45, 2.75) is 6.92 Å². The quantitative estimate of drug-likeness (QED) is 0.469. The van der Waals surface area contributed by atoms with Crippen LogP contribution in [0, 0.1) is 0 Å². The third-order valence-electron chi connectivity index (χ3n) is 4.08. The van der Waals surface area contributed by atoms with Crippen LogP contribution in [0.1, 0.15) is 22.8 Å². The molecule has 134 valence electrons. The first-order chi connectivity index (χ1) is 12.6. The molecule has 0 spiro atoms. The lowest BCUT2D eigenvalue weighted by atomic mass is 9.93. The second-order valence-corrected chi connectivity index (χ2v) is 5.52. The maximum Gasteiger partial charge on any atom is 0.269 e. The lowest BCUT2D eigenvalue weighted by Gasteiger charge is -2.29. The van der Waals surface area contributed by atoms with Gasteiger partial charge in [0.25, 0.3) is 11.8 Å². The van der Waals surface area contributed by atoms with Gasteiger partial charge in [-0.25, -0.2) is 4.90 Å². The van der Waals surface area contributed by atoms with Crippen molar-refractivity contribution in [1.82, 2.24) is 0 Å². The van der Waals surface area contributed by atoms with E-state index in [-0.39, 0.29) is 0 Å². The molecule has 1 aliphatic rings. The Hall–Kier alpha value is -3.28. The fourth-order valence-corrected chi connectivity index (χ4v) is 2.82. The molecule has 6 heteroatoms. The van der Waals surface area contributed by atoms with E-state index in [1.54, 1.807) is 42.5 Å². The van der Waals surface area contributed by atoms with Crippen LogP contribution in [0.3, 0.4) is 0 Å². The Morgan fingerprint density at radius 2 is 1.73 bits per heavy atom. The number of benzene rings is 2. The number of methoxy groups -OCH3 is 2. The first-order valence-corrected chi connectivity index (χ1v) is 8.14. The number of anilines is 1. The topological polar surface area (TPSA) is 65.1 Å². The fourth-order valence-electron chi connectivity index (χ4n) is 2.82. The second kappa shape index (κ2) is 7.31. The molecule has 26 heavy (non-hydrogen) atoms. The number of fused-ring (bicyclic) bond motifs is 1. The smallest absolute Gasteiger partial charge is 0.269 e. The van der Waals surface area contributed by atoms with Crippen molar-refractivity contribution in [3.05, 3.63) is 59.9 Å². The predicted octanol–water partition coefficient (Wildman–Crippen LogP) is 3.27. The molecule has 1 aliphatic heterocycles. The van der Waals surface area contributed by atoms with Crippen LogP contribution in [0.15, 0.2) is 48.7 Å². The molecular formula is C20H19NO5. The van der Waals surface area contributed by atoms with Crippen LogP contribution in [-0.4, -0.2) is 32.6 Å². The predicted molar refractivity (Wildman–Crippen MR) is 97.4 cm³/mol. The maximum absolute atomic E-state index is 13.1. The van der Waals surface area contributed by atoms with Crippen LogP contribution >= 0.6 is 0 Å². The Bertz CT molecular complexity index is 888. The monoisotopic (exact) mass is 353 g/mol. The summed E-state index contributed by atoms with van der Waals surface area (Å²) in [7, 11) is 3.01. The van der Waals surface area contributed by atoms with E-state index in [0.29, 0.717) is 40.5 Å². The number of amides is 2. The van der Waals surface area contributed by atoms with Crippen molar-refractivity contribution in [2.24, 2.45) is 0 Å². The zero-order valence-electron chi connectivity index (χ0n) is 14.8. The summed E-state index contributed by atoms with van der Waals surface area (Å²) >= 11 is 0. The Morgan fingerprint density at radius 3 is 2.42 bits per heavy atom. The third kappa shape index (κ3) is 2.90. The summed E-state index contributed by atoms with van der Waals surface area (Å²) < 4.78 is 15.9. The first-order valence-electron chi connectivity index (χ1n) is 8.14. The normalized spacial score (nSPS) is 15.0. The van der Waals surface area contributed by atoms with Crippen molar-refractivity contribution in [3.8, 4) is 11.5 Å². The van der Waals surface area contributed by atoms with Crippen molar-refractivity contribution >= 4 is 23.1 Å². The lowest BCUT2D eigenvalue weighted by Crippen LogP contribution is -2.42. The average Bonchev–Trinajstić information content (AvgIpc) is 2.68. The van der Waals surface area contributed by atoms with E-state index in [0.717, 1.165) is 4.90 Å². The van der Waals surface area contributed by atoms with Crippen LogP contribution in [0.2, 0.25) is 0 Å². The number of imide groups is 1. The molecule has 1 heterocycles. The Kier molecular flexibility index (Phi) is 4.93. The van der Waals surface area contributed by atoms with Crippen LogP contribution in [0.25, 0.3) is 5.57 Å². The SMILES string of the molecule is CCO/C=C1/C(=O)N(c2ccccc2OC)C(=O)c2cc(OC)ccc21. The van der Waals surface area contributed by atoms with Gasteiger partial charge in [-0.1, -0.05) is 12.1 Å². The minimum Gasteiger partial charge on any atom is -0.501 e. The summed E-state index contributed by atoms with van der Waals surface area (Å²) in [6, 6.07) is 11.9. The van der Waals surface area contributed by atoms with Gasteiger partial charge in [0.05, 0.1) is 43.9 Å². The number of carbonyl (C=O) groups is 2. The molecule has 0 saturated carbocycles. The standard InChI is InChI=1S/C20H19NO5/c1-4-26-12-16-14-10-9-13(24-2)11-15(14)19(22)21(20(16)23)17-7-5-6-8-18(17)25-3/h5-12H,4H2,1-3H3/b16-12+. The van der Waals surface area contributed by atoms with Gasteiger partial charge in [-0.3, -0.25) is 9.59 Å². The minimum atomic E-state index is -0.467. The van der Waals surface area contributed by atoms with E-state index in [1.165, 1.54) is 20.5 Å². The number of hydrogen-bond donors (Lipinski definition) is 0. The number of para-hydroxylation sites is 2.